The van der Waals surface area contributed by atoms with Crippen LogP contribution < -0.4 is 5.32 Å². The smallest absolute Gasteiger partial charge is 0.313 e. The Kier molecular flexibility index (Phi) is 12.1. The van der Waals surface area contributed by atoms with Crippen LogP contribution in [0, 0.1) is 11.8 Å². The first-order valence-corrected chi connectivity index (χ1v) is 17.7. The van der Waals surface area contributed by atoms with Gasteiger partial charge in [-0.05, 0) is 25.3 Å². The summed E-state index contributed by atoms with van der Waals surface area (Å²) in [5, 5.41) is 13.1. The lowest BCUT2D eigenvalue weighted by molar-refractivity contribution is -0.161. The van der Waals surface area contributed by atoms with E-state index in [-0.39, 0.29) is 42.8 Å². The average molecular weight is 732 g/mol. The van der Waals surface area contributed by atoms with Crippen LogP contribution in [-0.4, -0.2) is 131 Å². The molecule has 5 rings (SSSR count). The van der Waals surface area contributed by atoms with E-state index in [1.807, 2.05) is 30.3 Å². The molecule has 4 aliphatic rings. The summed E-state index contributed by atoms with van der Waals surface area (Å²) in [7, 11) is 0. The number of allylic oxidation sites excluding steroid dienone is 1. The molecule has 13 heteroatoms. The van der Waals surface area contributed by atoms with Crippen LogP contribution in [-0.2, 0) is 33.4 Å². The van der Waals surface area contributed by atoms with E-state index in [1.54, 1.807) is 24.0 Å². The zero-order chi connectivity index (χ0) is 34.4. The molecule has 48 heavy (non-hydrogen) atoms. The number of aliphatic hydroxyl groups is 1. The summed E-state index contributed by atoms with van der Waals surface area (Å²) < 4.78 is 18.2. The molecule has 4 saturated heterocycles. The number of aliphatic hydroxyl groups excluding tert-OH is 1. The summed E-state index contributed by atoms with van der Waals surface area (Å²) in [6.07, 6.45) is 2.88. The summed E-state index contributed by atoms with van der Waals surface area (Å²) >= 11 is 3.70. The third kappa shape index (κ3) is 7.25. The maximum absolute atomic E-state index is 14.6. The van der Waals surface area contributed by atoms with Gasteiger partial charge in [0.2, 0.25) is 17.7 Å². The van der Waals surface area contributed by atoms with E-state index < -0.39 is 53.6 Å². The van der Waals surface area contributed by atoms with Crippen molar-refractivity contribution in [1.82, 2.24) is 20.0 Å². The quantitative estimate of drug-likeness (QED) is 0.148. The van der Waals surface area contributed by atoms with Crippen molar-refractivity contribution in [3.8, 4) is 0 Å². The molecule has 4 aliphatic heterocycles. The fourth-order valence-electron chi connectivity index (χ4n) is 7.53. The minimum Gasteiger partial charge on any atom is -0.455 e. The number of amides is 3. The van der Waals surface area contributed by atoms with Gasteiger partial charge in [-0.2, -0.15) is 0 Å². The van der Waals surface area contributed by atoms with E-state index >= 15 is 0 Å². The lowest BCUT2D eigenvalue weighted by atomic mass is 9.70. The summed E-state index contributed by atoms with van der Waals surface area (Å²) in [5.41, 5.74) is -0.620. The molecule has 1 unspecified atom stereocenters. The van der Waals surface area contributed by atoms with Gasteiger partial charge in [-0.15, -0.1) is 13.2 Å². The van der Waals surface area contributed by atoms with Gasteiger partial charge in [-0.3, -0.25) is 24.1 Å². The standard InChI is InChI=1S/C35H47BrN4O8/c1-4-6-12-27(42)37-21-26(24-10-8-7-9-11-24)47-34(45)28-29-32(43)40(23(3)22-41)31(35(29)20-25(36)30(28)48-35)33(44)39(13-5-2)15-14-38-16-18-46-19-17-38/h4-5,7-11,23,25-26,28-31,41H,1-2,6,12-22H2,3H3,(H,37,42)/t23-,25?,26-,28+,29-,30+,31+,35-/m1/s1. The molecule has 2 bridgehead atoms. The lowest BCUT2D eigenvalue weighted by Crippen LogP contribution is -2.59. The van der Waals surface area contributed by atoms with Crippen molar-refractivity contribution in [2.75, 3.05) is 59.1 Å². The number of carbonyl (C=O) groups is 4. The Morgan fingerprint density at radius 1 is 1.21 bits per heavy atom. The van der Waals surface area contributed by atoms with Crippen LogP contribution in [0.25, 0.3) is 0 Å². The Hall–Kier alpha value is -3.10. The molecule has 1 spiro atoms. The maximum Gasteiger partial charge on any atom is 0.313 e. The van der Waals surface area contributed by atoms with Gasteiger partial charge in [0.25, 0.3) is 0 Å². The highest BCUT2D eigenvalue weighted by Crippen LogP contribution is 2.60. The second-order valence-electron chi connectivity index (χ2n) is 12.9. The number of ether oxygens (including phenoxy) is 3. The number of benzene rings is 1. The molecule has 1 aromatic rings. The topological polar surface area (TPSA) is 138 Å². The van der Waals surface area contributed by atoms with Crippen LogP contribution in [0.5, 0.6) is 0 Å². The van der Waals surface area contributed by atoms with E-state index in [9.17, 15) is 24.3 Å². The molecule has 8 atom stereocenters. The number of halogens is 1. The van der Waals surface area contributed by atoms with Crippen LogP contribution in [0.1, 0.15) is 37.9 Å². The van der Waals surface area contributed by atoms with Crippen molar-refractivity contribution in [2.24, 2.45) is 11.8 Å². The number of nitrogens with one attached hydrogen (secondary N) is 1. The first kappa shape index (κ1) is 36.2. The summed E-state index contributed by atoms with van der Waals surface area (Å²) in [4.78, 5) is 60.6. The van der Waals surface area contributed by atoms with Gasteiger partial charge in [-0.1, -0.05) is 58.4 Å². The third-order valence-electron chi connectivity index (χ3n) is 9.91. The van der Waals surface area contributed by atoms with Crippen molar-refractivity contribution >= 4 is 39.6 Å². The summed E-state index contributed by atoms with van der Waals surface area (Å²) in [5.74, 6) is -3.56. The normalized spacial score (nSPS) is 29.2. The molecule has 4 heterocycles. The number of alkyl halides is 1. The first-order chi connectivity index (χ1) is 23.2. The highest BCUT2D eigenvalue weighted by Gasteiger charge is 2.77. The van der Waals surface area contributed by atoms with E-state index in [1.165, 1.54) is 4.90 Å². The number of rotatable bonds is 16. The van der Waals surface area contributed by atoms with Crippen molar-refractivity contribution in [2.45, 2.75) is 60.9 Å². The van der Waals surface area contributed by atoms with Crippen molar-refractivity contribution in [3.05, 3.63) is 61.2 Å². The summed E-state index contributed by atoms with van der Waals surface area (Å²) in [6.45, 7) is 13.0. The van der Waals surface area contributed by atoms with Crippen molar-refractivity contribution in [3.63, 3.8) is 0 Å². The molecule has 0 saturated carbocycles. The van der Waals surface area contributed by atoms with E-state index in [4.69, 9.17) is 14.2 Å². The second kappa shape index (κ2) is 16.1. The fraction of sp³-hybridized carbons (Fsp3) is 0.600. The number of hydrogen-bond donors (Lipinski definition) is 2. The second-order valence-corrected chi connectivity index (χ2v) is 14.1. The minimum absolute atomic E-state index is 0.0416. The lowest BCUT2D eigenvalue weighted by Gasteiger charge is -2.39. The Bertz CT molecular complexity index is 1340. The van der Waals surface area contributed by atoms with E-state index in [0.717, 1.165) is 13.1 Å². The van der Waals surface area contributed by atoms with Crippen LogP contribution >= 0.6 is 15.9 Å². The Labute approximate surface area is 290 Å². The van der Waals surface area contributed by atoms with Gasteiger partial charge < -0.3 is 34.4 Å². The van der Waals surface area contributed by atoms with E-state index in [2.05, 4.69) is 39.3 Å². The molecule has 12 nitrogen and oxygen atoms in total. The van der Waals surface area contributed by atoms with Crippen molar-refractivity contribution < 1.29 is 38.5 Å². The number of nitrogens with zero attached hydrogens (tertiary/aromatic N) is 3. The predicted molar refractivity (Wildman–Crippen MR) is 181 cm³/mol. The molecular weight excluding hydrogens is 684 g/mol. The largest absolute Gasteiger partial charge is 0.455 e. The molecule has 262 valence electrons. The minimum atomic E-state index is -1.31. The number of fused-ring (bicyclic) bond motifs is 1. The fourth-order valence-corrected chi connectivity index (χ4v) is 8.47. The maximum atomic E-state index is 14.6. The van der Waals surface area contributed by atoms with Gasteiger partial charge in [0.1, 0.15) is 17.7 Å². The van der Waals surface area contributed by atoms with Crippen LogP contribution in [0.4, 0.5) is 0 Å². The number of morpholine rings is 1. The zero-order valence-corrected chi connectivity index (χ0v) is 29.1. The SMILES string of the molecule is C=CCCC(=O)NC[C@@H](OC(=O)[C@@H]1[C@H]2O[C@@]3(CC2Br)[C@H](C(=O)N(CC=C)CCN2CCOCC2)N([C@H](C)CO)C(=O)[C@@H]13)c1ccccc1. The molecule has 0 radical (unpaired) electrons. The Balaban J connectivity index is 1.42. The average Bonchev–Trinajstić information content (AvgIpc) is 3.70. The van der Waals surface area contributed by atoms with Gasteiger partial charge in [-0.25, -0.2) is 0 Å². The number of likely N-dealkylation sites (tertiary alicyclic amines) is 1. The highest BCUT2D eigenvalue weighted by atomic mass is 79.9. The van der Waals surface area contributed by atoms with Gasteiger partial charge in [0.05, 0.1) is 50.3 Å². The Morgan fingerprint density at radius 2 is 1.94 bits per heavy atom. The van der Waals surface area contributed by atoms with Crippen LogP contribution in [0.3, 0.4) is 0 Å². The monoisotopic (exact) mass is 730 g/mol. The van der Waals surface area contributed by atoms with Crippen LogP contribution in [0.2, 0.25) is 0 Å². The van der Waals surface area contributed by atoms with Gasteiger partial charge in [0, 0.05) is 44.0 Å². The number of hydrogen-bond acceptors (Lipinski definition) is 9. The van der Waals surface area contributed by atoms with E-state index in [0.29, 0.717) is 44.7 Å². The molecule has 4 fully saturated rings. The molecule has 0 aliphatic carbocycles. The van der Waals surface area contributed by atoms with Gasteiger partial charge in [0.15, 0.2) is 0 Å². The molecular formula is C35H47BrN4O8. The van der Waals surface area contributed by atoms with Crippen LogP contribution in [0.15, 0.2) is 55.6 Å². The highest BCUT2D eigenvalue weighted by molar-refractivity contribution is 9.09. The molecule has 0 aromatic heterocycles. The first-order valence-electron chi connectivity index (χ1n) is 16.7. The third-order valence-corrected chi connectivity index (χ3v) is 10.8. The molecule has 1 aromatic carbocycles. The molecule has 3 amide bonds. The Morgan fingerprint density at radius 3 is 2.60 bits per heavy atom. The molecule has 2 N–H and O–H groups in total. The van der Waals surface area contributed by atoms with Gasteiger partial charge >= 0.3 is 5.97 Å². The number of carbonyl (C=O) groups excluding carboxylic acids is 4. The zero-order valence-electron chi connectivity index (χ0n) is 27.5. The number of esters is 1. The van der Waals surface area contributed by atoms with Crippen molar-refractivity contribution in [1.29, 1.82) is 0 Å². The summed E-state index contributed by atoms with van der Waals surface area (Å²) in [6, 6.07) is 7.34. The predicted octanol–water partition coefficient (Wildman–Crippen LogP) is 1.83.